The van der Waals surface area contributed by atoms with Crippen molar-refractivity contribution in [2.24, 2.45) is 23.7 Å². The molecule has 8 unspecified atom stereocenters. The molecule has 148 valence electrons. The van der Waals surface area contributed by atoms with E-state index in [9.17, 15) is 39.6 Å². The molecule has 8 atom stereocenters. The Labute approximate surface area is 174 Å². The molecule has 0 N–H and O–H groups in total. The fourth-order valence-corrected chi connectivity index (χ4v) is 3.89. The van der Waals surface area contributed by atoms with E-state index in [-0.39, 0.29) is 77.4 Å². The number of carboxylic acid groups (broad SMARTS) is 4. The molecule has 27 heavy (non-hydrogen) atoms. The molecule has 2 aliphatic heterocycles. The predicted molar refractivity (Wildman–Crippen MR) is 75.5 cm³/mol. The number of epoxide rings is 2. The molecule has 2 saturated carbocycles. The third kappa shape index (κ3) is 4.96. The summed E-state index contributed by atoms with van der Waals surface area (Å²) in [5.74, 6) is -9.07. The van der Waals surface area contributed by atoms with Gasteiger partial charge < -0.3 is 49.1 Å². The number of aliphatic carboxylic acids is 4. The van der Waals surface area contributed by atoms with Gasteiger partial charge in [-0.05, 0) is 25.7 Å². The second-order valence-corrected chi connectivity index (χ2v) is 7.07. The molecule has 4 rings (SSSR count). The Morgan fingerprint density at radius 3 is 0.852 bits per heavy atom. The van der Waals surface area contributed by atoms with Crippen LogP contribution in [0.3, 0.4) is 0 Å². The van der Waals surface area contributed by atoms with Crippen molar-refractivity contribution in [3.8, 4) is 0 Å². The molecule has 11 heteroatoms. The van der Waals surface area contributed by atoms with Crippen LogP contribution in [0.15, 0.2) is 0 Å². The standard InChI is InChI=1S/2C8H10O5.Pb/c2*9-7(10)3-1-5-6(13-5)2-4(3)8(11)12;/h2*3-6H,1-2H2,(H,9,10)(H,11,12);/p-4. The number of rotatable bonds is 4. The van der Waals surface area contributed by atoms with Crippen LogP contribution in [0.2, 0.25) is 0 Å². The maximum Gasteiger partial charge on any atom is 0.0848 e. The van der Waals surface area contributed by atoms with E-state index >= 15 is 0 Å². The summed E-state index contributed by atoms with van der Waals surface area (Å²) in [6.45, 7) is 0. The molecular formula is C16H16O10Pb-4. The Kier molecular flexibility index (Phi) is 6.84. The zero-order chi connectivity index (χ0) is 19.2. The molecule has 10 nitrogen and oxygen atoms in total. The van der Waals surface area contributed by atoms with Crippen LogP contribution >= 0.6 is 0 Å². The maximum absolute atomic E-state index is 10.6. The van der Waals surface area contributed by atoms with E-state index in [2.05, 4.69) is 0 Å². The predicted octanol–water partition coefficient (Wildman–Crippen LogP) is -5.82. The van der Waals surface area contributed by atoms with Crippen LogP contribution in [0, 0.1) is 23.7 Å². The van der Waals surface area contributed by atoms with E-state index in [0.717, 1.165) is 0 Å². The molecule has 0 bridgehead atoms. The van der Waals surface area contributed by atoms with Crippen LogP contribution in [0.1, 0.15) is 25.7 Å². The van der Waals surface area contributed by atoms with E-state index in [1.54, 1.807) is 0 Å². The van der Waals surface area contributed by atoms with Crippen LogP contribution in [0.5, 0.6) is 0 Å². The molecule has 0 aromatic carbocycles. The van der Waals surface area contributed by atoms with Crippen molar-refractivity contribution >= 4 is 51.2 Å². The molecule has 4 radical (unpaired) electrons. The smallest absolute Gasteiger partial charge is 0.0848 e. The van der Waals surface area contributed by atoms with Crippen molar-refractivity contribution in [2.45, 2.75) is 50.1 Å². The quantitative estimate of drug-likeness (QED) is 0.231. The van der Waals surface area contributed by atoms with Gasteiger partial charge in [0.05, 0.1) is 24.4 Å². The average Bonchev–Trinajstić information content (AvgIpc) is 3.46. The van der Waals surface area contributed by atoms with Gasteiger partial charge in [0.25, 0.3) is 0 Å². The van der Waals surface area contributed by atoms with Gasteiger partial charge in [0.2, 0.25) is 0 Å². The first kappa shape index (κ1) is 22.0. The van der Waals surface area contributed by atoms with Gasteiger partial charge in [-0.2, -0.15) is 0 Å². The van der Waals surface area contributed by atoms with Crippen molar-refractivity contribution < 1.29 is 49.1 Å². The first-order chi connectivity index (χ1) is 12.2. The van der Waals surface area contributed by atoms with E-state index in [1.165, 1.54) is 0 Å². The molecule has 4 fully saturated rings. The molecule has 2 aliphatic carbocycles. The van der Waals surface area contributed by atoms with Crippen LogP contribution in [-0.4, -0.2) is 75.6 Å². The molecule has 2 heterocycles. The van der Waals surface area contributed by atoms with Gasteiger partial charge in [-0.1, -0.05) is 0 Å². The van der Waals surface area contributed by atoms with Crippen molar-refractivity contribution in [2.75, 3.05) is 0 Å². The first-order valence-electron chi connectivity index (χ1n) is 8.33. The average molecular weight is 575 g/mol. The summed E-state index contributed by atoms with van der Waals surface area (Å²) in [6.07, 6.45) is 0.684. The van der Waals surface area contributed by atoms with Crippen LogP contribution in [-0.2, 0) is 28.7 Å². The van der Waals surface area contributed by atoms with Gasteiger partial charge in [0.1, 0.15) is 0 Å². The molecule has 0 spiro atoms. The number of hydrogen-bond acceptors (Lipinski definition) is 10. The second kappa shape index (κ2) is 8.39. The zero-order valence-electron chi connectivity index (χ0n) is 14.0. The van der Waals surface area contributed by atoms with E-state index in [0.29, 0.717) is 0 Å². The molecular weight excluding hydrogens is 559 g/mol. The number of carboxylic acids is 4. The summed E-state index contributed by atoms with van der Waals surface area (Å²) in [7, 11) is 0. The molecule has 2 saturated heterocycles. The maximum atomic E-state index is 10.6. The summed E-state index contributed by atoms with van der Waals surface area (Å²) in [5, 5.41) is 42.3. The fourth-order valence-electron chi connectivity index (χ4n) is 3.89. The number of carbonyl (C=O) groups is 4. The third-order valence-electron chi connectivity index (χ3n) is 5.50. The van der Waals surface area contributed by atoms with Crippen LogP contribution in [0.4, 0.5) is 0 Å². The third-order valence-corrected chi connectivity index (χ3v) is 5.50. The molecule has 0 amide bonds. The summed E-state index contributed by atoms with van der Waals surface area (Å²) in [4.78, 5) is 42.3. The Morgan fingerprint density at radius 1 is 0.519 bits per heavy atom. The number of fused-ring (bicyclic) bond motifs is 2. The number of ether oxygens (including phenoxy) is 2. The molecule has 0 aromatic rings. The Hall–Kier alpha value is -1.28. The zero-order valence-corrected chi connectivity index (χ0v) is 17.9. The van der Waals surface area contributed by atoms with Gasteiger partial charge >= 0.3 is 0 Å². The monoisotopic (exact) mass is 576 g/mol. The fraction of sp³-hybridized carbons (Fsp3) is 0.750. The topological polar surface area (TPSA) is 186 Å². The summed E-state index contributed by atoms with van der Waals surface area (Å²) in [5.41, 5.74) is 0. The minimum absolute atomic E-state index is 0. The summed E-state index contributed by atoms with van der Waals surface area (Å²) in [6, 6.07) is 0. The van der Waals surface area contributed by atoms with E-state index < -0.39 is 47.5 Å². The van der Waals surface area contributed by atoms with Crippen molar-refractivity contribution in [1.82, 2.24) is 0 Å². The van der Waals surface area contributed by atoms with E-state index in [4.69, 9.17) is 9.47 Å². The van der Waals surface area contributed by atoms with Crippen LogP contribution < -0.4 is 20.4 Å². The van der Waals surface area contributed by atoms with Crippen molar-refractivity contribution in [3.05, 3.63) is 0 Å². The minimum Gasteiger partial charge on any atom is -0.550 e. The Balaban J connectivity index is 0.000000187. The molecule has 0 aromatic heterocycles. The Bertz CT molecular complexity index is 531. The van der Waals surface area contributed by atoms with Crippen molar-refractivity contribution in [1.29, 1.82) is 0 Å². The first-order valence-corrected chi connectivity index (χ1v) is 8.33. The van der Waals surface area contributed by atoms with Gasteiger partial charge in [-0.15, -0.1) is 0 Å². The van der Waals surface area contributed by atoms with Crippen LogP contribution in [0.25, 0.3) is 0 Å². The SMILES string of the molecule is O=C([O-])C1CC2OC2CC1C(=O)[O-].O=C([O-])C1CC2OC2CC1C(=O)[O-].[Pb]. The number of carbonyl (C=O) groups excluding carboxylic acids is 4. The number of hydrogen-bond donors (Lipinski definition) is 0. The largest absolute Gasteiger partial charge is 0.550 e. The van der Waals surface area contributed by atoms with Gasteiger partial charge in [0.15, 0.2) is 0 Å². The summed E-state index contributed by atoms with van der Waals surface area (Å²) >= 11 is 0. The van der Waals surface area contributed by atoms with Gasteiger partial charge in [-0.25, -0.2) is 0 Å². The van der Waals surface area contributed by atoms with Gasteiger partial charge in [-0.3, -0.25) is 0 Å². The minimum atomic E-state index is -1.32. The summed E-state index contributed by atoms with van der Waals surface area (Å²) < 4.78 is 10.1. The van der Waals surface area contributed by atoms with Gasteiger partial charge in [0, 0.05) is 74.8 Å². The second-order valence-electron chi connectivity index (χ2n) is 7.07. The normalized spacial score (nSPS) is 40.6. The van der Waals surface area contributed by atoms with E-state index in [1.807, 2.05) is 0 Å². The molecule has 4 aliphatic rings. The van der Waals surface area contributed by atoms with Crippen molar-refractivity contribution in [3.63, 3.8) is 0 Å². The Morgan fingerprint density at radius 2 is 0.704 bits per heavy atom.